The van der Waals surface area contributed by atoms with Crippen molar-refractivity contribution in [1.82, 2.24) is 0 Å². The minimum Gasteiger partial charge on any atom is -0.507 e. The fourth-order valence-electron chi connectivity index (χ4n) is 7.85. The summed E-state index contributed by atoms with van der Waals surface area (Å²) in [6.45, 7) is 20.8. The zero-order valence-electron chi connectivity index (χ0n) is 40.2. The first kappa shape index (κ1) is 51.0. The van der Waals surface area contributed by atoms with Crippen LogP contribution in [0.1, 0.15) is 190 Å². The molecule has 0 saturated carbocycles. The lowest BCUT2D eigenvalue weighted by molar-refractivity contribution is 0.0459. The van der Waals surface area contributed by atoms with Crippen LogP contribution in [0.3, 0.4) is 0 Å². The molecule has 4 aromatic carbocycles. The minimum absolute atomic E-state index is 0.0387. The molecule has 0 spiro atoms. The number of esters is 1. The van der Waals surface area contributed by atoms with Gasteiger partial charge in [-0.2, -0.15) is 0 Å². The van der Waals surface area contributed by atoms with Gasteiger partial charge in [0.1, 0.15) is 22.8 Å². The molecule has 0 aliphatic rings. The Kier molecular flexibility index (Phi) is 20.3. The first-order valence-corrected chi connectivity index (χ1v) is 24.0. The summed E-state index contributed by atoms with van der Waals surface area (Å²) in [5.74, 6) is 0.682. The van der Waals surface area contributed by atoms with Crippen molar-refractivity contribution in [2.45, 2.75) is 175 Å². The predicted octanol–water partition coefficient (Wildman–Crippen LogP) is 14.0. The van der Waals surface area contributed by atoms with Crippen LogP contribution in [-0.2, 0) is 27.6 Å². The molecule has 7 nitrogen and oxygen atoms in total. The number of carbonyl (C=O) groups is 1. The number of nitrogens with zero attached hydrogens (tertiary/aromatic N) is 1. The number of aliphatic hydroxyl groups is 1. The predicted molar refractivity (Wildman–Crippen MR) is 261 cm³/mol. The van der Waals surface area contributed by atoms with E-state index in [1.807, 2.05) is 49.4 Å². The summed E-state index contributed by atoms with van der Waals surface area (Å²) in [5.41, 5.74) is 2.59. The highest BCUT2D eigenvalue weighted by Crippen LogP contribution is 2.47. The SMILES string of the molecule is CCCCCCCCOc1ccc(C(C)(C)C)cc1C(O)(c1cc(C(C)(C)C)ccc1OCCCCCCCC)C(Cc1ccccc1)N=Cc1cc(C(=O)OCCC)ccc1O. The van der Waals surface area contributed by atoms with Gasteiger partial charge < -0.3 is 24.4 Å². The van der Waals surface area contributed by atoms with Crippen molar-refractivity contribution in [3.05, 3.63) is 124 Å². The highest BCUT2D eigenvalue weighted by atomic mass is 16.5. The summed E-state index contributed by atoms with van der Waals surface area (Å²) in [5, 5.41) is 25.6. The number of aliphatic imine (C=N–C) groups is 1. The summed E-state index contributed by atoms with van der Waals surface area (Å²) in [7, 11) is 0. The van der Waals surface area contributed by atoms with Crippen molar-refractivity contribution in [1.29, 1.82) is 0 Å². The van der Waals surface area contributed by atoms with Crippen LogP contribution in [0.25, 0.3) is 0 Å². The highest BCUT2D eigenvalue weighted by molar-refractivity contribution is 5.93. The van der Waals surface area contributed by atoms with E-state index in [1.165, 1.54) is 44.6 Å². The molecule has 1 atom stereocenters. The maximum absolute atomic E-state index is 14.4. The maximum atomic E-state index is 14.4. The molecule has 0 aliphatic carbocycles. The van der Waals surface area contributed by atoms with Crippen molar-refractivity contribution >= 4 is 12.2 Å². The molecule has 0 heterocycles. The monoisotopic (exact) mass is 862 g/mol. The highest BCUT2D eigenvalue weighted by Gasteiger charge is 2.46. The number of hydrogen-bond acceptors (Lipinski definition) is 7. The van der Waals surface area contributed by atoms with E-state index in [0.29, 0.717) is 66.4 Å². The summed E-state index contributed by atoms with van der Waals surface area (Å²) < 4.78 is 19.0. The molecule has 0 radical (unpaired) electrons. The van der Waals surface area contributed by atoms with E-state index >= 15 is 0 Å². The van der Waals surface area contributed by atoms with Gasteiger partial charge in [0, 0.05) is 22.9 Å². The van der Waals surface area contributed by atoms with Gasteiger partial charge in [-0.1, -0.05) is 169 Å². The number of ether oxygens (including phenoxy) is 3. The summed E-state index contributed by atoms with van der Waals surface area (Å²) in [6.07, 6.45) is 16.2. The molecule has 0 aliphatic heterocycles. The van der Waals surface area contributed by atoms with Crippen molar-refractivity contribution in [3.8, 4) is 17.2 Å². The fraction of sp³-hybridized carbons (Fsp3) is 0.536. The second-order valence-electron chi connectivity index (χ2n) is 19.3. The lowest BCUT2D eigenvalue weighted by atomic mass is 9.73. The minimum atomic E-state index is -1.82. The molecule has 1 unspecified atom stereocenters. The number of phenols is 1. The van der Waals surface area contributed by atoms with Gasteiger partial charge in [-0.15, -0.1) is 0 Å². The molecule has 0 fully saturated rings. The Morgan fingerprint density at radius 3 is 1.62 bits per heavy atom. The topological polar surface area (TPSA) is 97.6 Å². The second kappa shape index (κ2) is 25.0. The van der Waals surface area contributed by atoms with Crippen LogP contribution < -0.4 is 9.47 Å². The first-order valence-electron chi connectivity index (χ1n) is 24.0. The van der Waals surface area contributed by atoms with E-state index in [2.05, 4.69) is 79.7 Å². The molecule has 2 N–H and O–H groups in total. The quantitative estimate of drug-likeness (QED) is 0.0371. The second-order valence-corrected chi connectivity index (χ2v) is 19.3. The third-order valence-corrected chi connectivity index (χ3v) is 11.9. The number of benzene rings is 4. The number of phenolic OH excluding ortho intramolecular Hbond substituents is 1. The summed E-state index contributed by atoms with van der Waals surface area (Å²) in [4.78, 5) is 18.3. The zero-order valence-corrected chi connectivity index (χ0v) is 40.2. The molecule has 7 heteroatoms. The van der Waals surface area contributed by atoms with Gasteiger partial charge in [0.2, 0.25) is 0 Å². The van der Waals surface area contributed by atoms with Crippen LogP contribution in [0.4, 0.5) is 0 Å². The maximum Gasteiger partial charge on any atom is 0.338 e. The van der Waals surface area contributed by atoms with Crippen molar-refractivity contribution in [2.24, 2.45) is 4.99 Å². The average molecular weight is 862 g/mol. The Morgan fingerprint density at radius 2 is 1.13 bits per heavy atom. The van der Waals surface area contributed by atoms with Crippen LogP contribution in [0, 0.1) is 0 Å². The third-order valence-electron chi connectivity index (χ3n) is 11.9. The van der Waals surface area contributed by atoms with Crippen LogP contribution >= 0.6 is 0 Å². The van der Waals surface area contributed by atoms with Crippen molar-refractivity contribution in [3.63, 3.8) is 0 Å². The Bertz CT molecular complexity index is 1930. The largest absolute Gasteiger partial charge is 0.507 e. The molecule has 0 amide bonds. The van der Waals surface area contributed by atoms with Gasteiger partial charge in [0.05, 0.1) is 31.4 Å². The smallest absolute Gasteiger partial charge is 0.338 e. The molecule has 0 saturated heterocycles. The van der Waals surface area contributed by atoms with Gasteiger partial charge in [0.25, 0.3) is 0 Å². The molecule has 344 valence electrons. The number of aromatic hydroxyl groups is 1. The number of hydrogen-bond donors (Lipinski definition) is 2. The lowest BCUT2D eigenvalue weighted by Crippen LogP contribution is -2.42. The van der Waals surface area contributed by atoms with Gasteiger partial charge in [-0.05, 0) is 95.7 Å². The number of unbranched alkanes of at least 4 members (excludes halogenated alkanes) is 10. The number of rotatable bonds is 26. The van der Waals surface area contributed by atoms with Crippen molar-refractivity contribution < 1.29 is 29.2 Å². The van der Waals surface area contributed by atoms with E-state index in [0.717, 1.165) is 55.2 Å². The van der Waals surface area contributed by atoms with E-state index in [9.17, 15) is 15.0 Å². The van der Waals surface area contributed by atoms with Crippen LogP contribution in [0.2, 0.25) is 0 Å². The zero-order chi connectivity index (χ0) is 45.9. The third kappa shape index (κ3) is 15.3. The Balaban J connectivity index is 2.02. The Morgan fingerprint density at radius 1 is 0.619 bits per heavy atom. The van der Waals surface area contributed by atoms with E-state index in [4.69, 9.17) is 19.2 Å². The van der Waals surface area contributed by atoms with E-state index in [1.54, 1.807) is 18.3 Å². The van der Waals surface area contributed by atoms with Crippen LogP contribution in [0.15, 0.2) is 89.9 Å². The summed E-state index contributed by atoms with van der Waals surface area (Å²) >= 11 is 0. The van der Waals surface area contributed by atoms with E-state index in [-0.39, 0.29) is 16.6 Å². The van der Waals surface area contributed by atoms with Gasteiger partial charge in [-0.3, -0.25) is 4.99 Å². The molecule has 4 rings (SSSR count). The normalized spacial score (nSPS) is 12.7. The standard InChI is InChI=1S/C56H79NO6/c1-10-13-15-17-19-24-35-61-50-32-29-45(54(4,5)6)39-47(50)56(60,48-40-46(55(7,8)9)30-33-51(48)62-36-25-20-18-16-14-11-2)52(37-42-26-22-21-23-27-42)57-41-44-38-43(28-31-49(44)58)53(59)63-34-12-3/h21-23,26-33,38-41,52,58,60H,10-20,24-25,34-37H2,1-9H3. The van der Waals surface area contributed by atoms with Gasteiger partial charge in [-0.25, -0.2) is 4.79 Å². The Labute approximate surface area is 380 Å². The average Bonchev–Trinajstić information content (AvgIpc) is 3.26. The van der Waals surface area contributed by atoms with E-state index < -0.39 is 17.6 Å². The van der Waals surface area contributed by atoms with Gasteiger partial charge in [0.15, 0.2) is 0 Å². The molecule has 4 aromatic rings. The number of carbonyl (C=O) groups excluding carboxylic acids is 1. The van der Waals surface area contributed by atoms with Crippen LogP contribution in [0.5, 0.6) is 17.2 Å². The summed E-state index contributed by atoms with van der Waals surface area (Å²) in [6, 6.07) is 26.3. The van der Waals surface area contributed by atoms with Gasteiger partial charge >= 0.3 is 5.97 Å². The molecular formula is C56H79NO6. The van der Waals surface area contributed by atoms with Crippen molar-refractivity contribution in [2.75, 3.05) is 19.8 Å². The molecule has 0 aromatic heterocycles. The Hall–Kier alpha value is -4.62. The lowest BCUT2D eigenvalue weighted by Gasteiger charge is -2.39. The fourth-order valence-corrected chi connectivity index (χ4v) is 7.85. The molecular weight excluding hydrogens is 783 g/mol. The first-order chi connectivity index (χ1) is 30.1. The molecule has 63 heavy (non-hydrogen) atoms. The molecule has 0 bridgehead atoms. The van der Waals surface area contributed by atoms with Crippen LogP contribution in [-0.4, -0.2) is 48.3 Å².